The minimum atomic E-state index is -2.95. The van der Waals surface area contributed by atoms with Crippen molar-refractivity contribution in [1.82, 2.24) is 0 Å². The molecule has 0 radical (unpaired) electrons. The summed E-state index contributed by atoms with van der Waals surface area (Å²) in [5, 5.41) is 0.889. The molecule has 0 spiro atoms. The second kappa shape index (κ2) is 5.95. The van der Waals surface area contributed by atoms with Crippen molar-refractivity contribution in [3.8, 4) is 16.9 Å². The van der Waals surface area contributed by atoms with Gasteiger partial charge < -0.3 is 4.74 Å². The highest BCUT2D eigenvalue weighted by Crippen LogP contribution is 2.39. The van der Waals surface area contributed by atoms with E-state index < -0.39 is 6.61 Å². The second-order valence-corrected chi connectivity index (χ2v) is 4.84. The van der Waals surface area contributed by atoms with Crippen LogP contribution < -0.4 is 4.74 Å². The van der Waals surface area contributed by atoms with E-state index in [9.17, 15) is 8.78 Å². The molecule has 6 heteroatoms. The predicted molar refractivity (Wildman–Crippen MR) is 73.5 cm³/mol. The van der Waals surface area contributed by atoms with Crippen LogP contribution in [0.15, 0.2) is 36.4 Å². The molecule has 0 saturated heterocycles. The zero-order chi connectivity index (χ0) is 14.0. The SMILES string of the molecule is FC(F)Oc1cc(Cl)ccc1-c1cccc(Cl)c1Cl. The molecule has 0 N–H and O–H groups in total. The lowest BCUT2D eigenvalue weighted by molar-refractivity contribution is -0.0494. The summed E-state index contributed by atoms with van der Waals surface area (Å²) in [6.45, 7) is -2.95. The molecule has 2 aromatic carbocycles. The van der Waals surface area contributed by atoms with Crippen LogP contribution in [-0.4, -0.2) is 6.61 Å². The molecule has 0 bridgehead atoms. The van der Waals surface area contributed by atoms with Crippen LogP contribution in [0.4, 0.5) is 8.78 Å². The van der Waals surface area contributed by atoms with Gasteiger partial charge in [0, 0.05) is 16.1 Å². The lowest BCUT2D eigenvalue weighted by Crippen LogP contribution is -2.03. The first-order valence-electron chi connectivity index (χ1n) is 5.18. The van der Waals surface area contributed by atoms with Gasteiger partial charge in [0.1, 0.15) is 5.75 Å². The topological polar surface area (TPSA) is 9.23 Å². The largest absolute Gasteiger partial charge is 0.434 e. The molecule has 0 fully saturated rings. The highest BCUT2D eigenvalue weighted by atomic mass is 35.5. The molecular weight excluding hydrogens is 316 g/mol. The maximum absolute atomic E-state index is 12.4. The molecule has 19 heavy (non-hydrogen) atoms. The van der Waals surface area contributed by atoms with E-state index >= 15 is 0 Å². The van der Waals surface area contributed by atoms with E-state index in [1.807, 2.05) is 0 Å². The Morgan fingerprint density at radius 1 is 0.947 bits per heavy atom. The quantitative estimate of drug-likeness (QED) is 0.681. The summed E-state index contributed by atoms with van der Waals surface area (Å²) in [5.41, 5.74) is 0.902. The van der Waals surface area contributed by atoms with Crippen molar-refractivity contribution < 1.29 is 13.5 Å². The van der Waals surface area contributed by atoms with Crippen LogP contribution in [0.5, 0.6) is 5.75 Å². The third-order valence-electron chi connectivity index (χ3n) is 2.40. The zero-order valence-corrected chi connectivity index (χ0v) is 11.6. The smallest absolute Gasteiger partial charge is 0.387 e. The van der Waals surface area contributed by atoms with E-state index in [1.54, 1.807) is 30.3 Å². The summed E-state index contributed by atoms with van der Waals surface area (Å²) < 4.78 is 29.3. The molecule has 2 rings (SSSR count). The molecule has 100 valence electrons. The van der Waals surface area contributed by atoms with Gasteiger partial charge in [0.05, 0.1) is 10.0 Å². The van der Waals surface area contributed by atoms with Crippen molar-refractivity contribution in [3.05, 3.63) is 51.5 Å². The molecular formula is C13H7Cl3F2O. The van der Waals surface area contributed by atoms with E-state index in [2.05, 4.69) is 4.74 Å². The highest BCUT2D eigenvalue weighted by Gasteiger charge is 2.15. The minimum absolute atomic E-state index is 0.0494. The van der Waals surface area contributed by atoms with Crippen molar-refractivity contribution in [2.24, 2.45) is 0 Å². The molecule has 0 saturated carbocycles. The first-order chi connectivity index (χ1) is 8.99. The standard InChI is InChI=1S/C13H7Cl3F2O/c14-7-4-5-8(11(6-7)19-13(17)18)9-2-1-3-10(15)12(9)16/h1-6,13H. The fourth-order valence-corrected chi connectivity index (χ4v) is 2.19. The molecule has 0 heterocycles. The zero-order valence-electron chi connectivity index (χ0n) is 9.34. The van der Waals surface area contributed by atoms with E-state index in [4.69, 9.17) is 34.8 Å². The minimum Gasteiger partial charge on any atom is -0.434 e. The van der Waals surface area contributed by atoms with Crippen LogP contribution in [0.1, 0.15) is 0 Å². The Bertz CT molecular complexity index is 602. The molecule has 2 aromatic rings. The number of rotatable bonds is 3. The summed E-state index contributed by atoms with van der Waals surface area (Å²) in [6.07, 6.45) is 0. The molecule has 0 aromatic heterocycles. The lowest BCUT2D eigenvalue weighted by atomic mass is 10.0. The maximum Gasteiger partial charge on any atom is 0.387 e. The average Bonchev–Trinajstić information content (AvgIpc) is 2.33. The van der Waals surface area contributed by atoms with E-state index in [-0.39, 0.29) is 15.8 Å². The molecule has 0 amide bonds. The summed E-state index contributed by atoms with van der Waals surface area (Å²) in [6, 6.07) is 9.36. The van der Waals surface area contributed by atoms with E-state index in [1.165, 1.54) is 6.07 Å². The average molecular weight is 324 g/mol. The van der Waals surface area contributed by atoms with Crippen molar-refractivity contribution in [2.75, 3.05) is 0 Å². The molecule has 1 nitrogen and oxygen atoms in total. The molecule has 0 aliphatic rings. The van der Waals surface area contributed by atoms with Gasteiger partial charge in [0.15, 0.2) is 0 Å². The van der Waals surface area contributed by atoms with Gasteiger partial charge >= 0.3 is 6.61 Å². The lowest BCUT2D eigenvalue weighted by Gasteiger charge is -2.13. The third-order valence-corrected chi connectivity index (χ3v) is 3.46. The summed E-state index contributed by atoms with van der Waals surface area (Å²) >= 11 is 17.7. The fourth-order valence-electron chi connectivity index (χ4n) is 1.62. The predicted octanol–water partition coefficient (Wildman–Crippen LogP) is 5.92. The molecule has 0 aliphatic carbocycles. The third kappa shape index (κ3) is 3.30. The first-order valence-corrected chi connectivity index (χ1v) is 6.31. The van der Waals surface area contributed by atoms with Crippen LogP contribution in [0.2, 0.25) is 15.1 Å². The van der Waals surface area contributed by atoms with Gasteiger partial charge in [-0.1, -0.05) is 46.9 Å². The number of hydrogen-bond acceptors (Lipinski definition) is 1. The number of benzene rings is 2. The van der Waals surface area contributed by atoms with Crippen LogP contribution in [0.25, 0.3) is 11.1 Å². The number of hydrogen-bond donors (Lipinski definition) is 0. The fraction of sp³-hybridized carbons (Fsp3) is 0.0769. The van der Waals surface area contributed by atoms with Crippen LogP contribution in [-0.2, 0) is 0 Å². The first kappa shape index (κ1) is 14.4. The van der Waals surface area contributed by atoms with Crippen molar-refractivity contribution >= 4 is 34.8 Å². The highest BCUT2D eigenvalue weighted by molar-refractivity contribution is 6.43. The van der Waals surface area contributed by atoms with Gasteiger partial charge in [-0.15, -0.1) is 0 Å². The van der Waals surface area contributed by atoms with Gasteiger partial charge in [-0.05, 0) is 24.3 Å². The van der Waals surface area contributed by atoms with Gasteiger partial charge in [-0.3, -0.25) is 0 Å². The maximum atomic E-state index is 12.4. The Balaban J connectivity index is 2.58. The number of halogens is 5. The number of alkyl halides is 2. The van der Waals surface area contributed by atoms with Gasteiger partial charge in [-0.2, -0.15) is 8.78 Å². The molecule has 0 atom stereocenters. The van der Waals surface area contributed by atoms with Gasteiger partial charge in [0.25, 0.3) is 0 Å². The Kier molecular flexibility index (Phi) is 4.50. The van der Waals surface area contributed by atoms with Crippen LogP contribution in [0, 0.1) is 0 Å². The Morgan fingerprint density at radius 2 is 1.68 bits per heavy atom. The molecule has 0 unspecified atom stereocenters. The Hall–Kier alpha value is -1.03. The summed E-state index contributed by atoms with van der Waals surface area (Å²) in [5.74, 6) is -0.0494. The van der Waals surface area contributed by atoms with Gasteiger partial charge in [-0.25, -0.2) is 0 Å². The summed E-state index contributed by atoms with van der Waals surface area (Å²) in [7, 11) is 0. The van der Waals surface area contributed by atoms with Crippen molar-refractivity contribution in [3.63, 3.8) is 0 Å². The van der Waals surface area contributed by atoms with E-state index in [0.717, 1.165) is 0 Å². The number of ether oxygens (including phenoxy) is 1. The van der Waals surface area contributed by atoms with Crippen LogP contribution in [0.3, 0.4) is 0 Å². The normalized spacial score (nSPS) is 10.8. The van der Waals surface area contributed by atoms with Crippen molar-refractivity contribution in [2.45, 2.75) is 6.61 Å². The van der Waals surface area contributed by atoms with Crippen LogP contribution >= 0.6 is 34.8 Å². The molecule has 0 aliphatic heterocycles. The van der Waals surface area contributed by atoms with Crippen molar-refractivity contribution in [1.29, 1.82) is 0 Å². The summed E-state index contributed by atoms with van der Waals surface area (Å²) in [4.78, 5) is 0. The Morgan fingerprint density at radius 3 is 2.37 bits per heavy atom. The Labute approximate surface area is 123 Å². The monoisotopic (exact) mass is 322 g/mol. The van der Waals surface area contributed by atoms with Gasteiger partial charge in [0.2, 0.25) is 0 Å². The van der Waals surface area contributed by atoms with E-state index in [0.29, 0.717) is 16.1 Å². The second-order valence-electron chi connectivity index (χ2n) is 3.62.